The Hall–Kier alpha value is -1.54. The van der Waals surface area contributed by atoms with E-state index in [4.69, 9.17) is 11.0 Å². The lowest BCUT2D eigenvalue weighted by Gasteiger charge is -1.96. The molecule has 0 atom stereocenters. The molecule has 0 aliphatic rings. The first-order chi connectivity index (χ1) is 6.22. The highest BCUT2D eigenvalue weighted by molar-refractivity contribution is 7.99. The average Bonchev–Trinajstić information content (AvgIpc) is 2.15. The molecule has 0 spiro atoms. The number of amides is 1. The summed E-state index contributed by atoms with van der Waals surface area (Å²) in [5, 5.41) is 9.16. The number of nitrogens with two attached hydrogens (primary N) is 1. The summed E-state index contributed by atoms with van der Waals surface area (Å²) in [5.41, 5.74) is 5.30. The number of hydrogen-bond donors (Lipinski definition) is 1. The van der Waals surface area contributed by atoms with E-state index in [0.717, 1.165) is 0 Å². The number of rotatable bonds is 3. The lowest BCUT2D eigenvalue weighted by atomic mass is 10.4. The molecule has 0 aromatic carbocycles. The van der Waals surface area contributed by atoms with Gasteiger partial charge in [0.15, 0.2) is 0 Å². The topological polar surface area (TPSA) is 79.8 Å². The van der Waals surface area contributed by atoms with Gasteiger partial charge in [0.05, 0.1) is 10.8 Å². The van der Waals surface area contributed by atoms with E-state index in [1.165, 1.54) is 11.8 Å². The molecule has 2 N–H and O–H groups in total. The fourth-order valence-corrected chi connectivity index (χ4v) is 1.33. The third-order valence-corrected chi connectivity index (χ3v) is 2.15. The van der Waals surface area contributed by atoms with Gasteiger partial charge in [0.1, 0.15) is 11.8 Å². The van der Waals surface area contributed by atoms with E-state index in [1.807, 2.05) is 6.07 Å². The van der Waals surface area contributed by atoms with Crippen LogP contribution >= 0.6 is 11.8 Å². The van der Waals surface area contributed by atoms with Crippen molar-refractivity contribution in [1.29, 1.82) is 5.26 Å². The highest BCUT2D eigenvalue weighted by Gasteiger charge is 1.99. The minimum atomic E-state index is -0.394. The fraction of sp³-hybridized carbons (Fsp3) is 0.125. The highest BCUT2D eigenvalue weighted by Crippen LogP contribution is 2.14. The van der Waals surface area contributed by atoms with Gasteiger partial charge in [-0.05, 0) is 12.1 Å². The Morgan fingerprint density at radius 3 is 3.08 bits per heavy atom. The maximum Gasteiger partial charge on any atom is 0.227 e. The largest absolute Gasteiger partial charge is 0.369 e. The SMILES string of the molecule is N#Cc1cccc(SCC(N)=O)n1. The first-order valence-electron chi connectivity index (χ1n) is 3.50. The van der Waals surface area contributed by atoms with E-state index in [-0.39, 0.29) is 5.75 Å². The standard InChI is InChI=1S/C8H7N3OS/c9-4-6-2-1-3-8(11-6)13-5-7(10)12/h1-3H,5H2,(H2,10,12). The van der Waals surface area contributed by atoms with Crippen molar-refractivity contribution in [3.05, 3.63) is 23.9 Å². The third kappa shape index (κ3) is 3.13. The molecule has 1 amide bonds. The summed E-state index contributed by atoms with van der Waals surface area (Å²) >= 11 is 1.22. The van der Waals surface area contributed by atoms with E-state index >= 15 is 0 Å². The molecular formula is C8H7N3OS. The van der Waals surface area contributed by atoms with E-state index in [9.17, 15) is 4.79 Å². The zero-order valence-electron chi connectivity index (χ0n) is 6.73. The minimum absolute atomic E-state index is 0.182. The van der Waals surface area contributed by atoms with Crippen molar-refractivity contribution in [2.45, 2.75) is 5.03 Å². The molecule has 0 aliphatic heterocycles. The van der Waals surface area contributed by atoms with Crippen LogP contribution in [0.4, 0.5) is 0 Å². The molecule has 1 rings (SSSR count). The summed E-state index contributed by atoms with van der Waals surface area (Å²) in [4.78, 5) is 14.4. The molecule has 1 aromatic heterocycles. The highest BCUT2D eigenvalue weighted by atomic mass is 32.2. The monoisotopic (exact) mass is 193 g/mol. The maximum absolute atomic E-state index is 10.4. The Morgan fingerprint density at radius 2 is 2.46 bits per heavy atom. The first kappa shape index (κ1) is 9.55. The quantitative estimate of drug-likeness (QED) is 0.710. The molecule has 1 heterocycles. The van der Waals surface area contributed by atoms with Crippen LogP contribution in [0.2, 0.25) is 0 Å². The van der Waals surface area contributed by atoms with Crippen LogP contribution < -0.4 is 5.73 Å². The Balaban J connectivity index is 2.68. The van der Waals surface area contributed by atoms with Crippen LogP contribution in [0.3, 0.4) is 0 Å². The van der Waals surface area contributed by atoms with Crippen LogP contribution in [0.25, 0.3) is 0 Å². The van der Waals surface area contributed by atoms with E-state index in [0.29, 0.717) is 10.7 Å². The molecule has 0 aliphatic carbocycles. The van der Waals surface area contributed by atoms with Gasteiger partial charge in [-0.2, -0.15) is 5.26 Å². The molecule has 0 bridgehead atoms. The zero-order chi connectivity index (χ0) is 9.68. The van der Waals surface area contributed by atoms with Gasteiger partial charge in [-0.3, -0.25) is 4.79 Å². The molecular weight excluding hydrogens is 186 g/mol. The van der Waals surface area contributed by atoms with E-state index in [2.05, 4.69) is 4.98 Å². The normalized spacial score (nSPS) is 9.15. The molecule has 13 heavy (non-hydrogen) atoms. The molecule has 5 heteroatoms. The zero-order valence-corrected chi connectivity index (χ0v) is 7.54. The minimum Gasteiger partial charge on any atom is -0.369 e. The van der Waals surface area contributed by atoms with Crippen LogP contribution in [0.15, 0.2) is 23.2 Å². The van der Waals surface area contributed by atoms with Crippen molar-refractivity contribution in [2.24, 2.45) is 5.73 Å². The number of thioether (sulfide) groups is 1. The van der Waals surface area contributed by atoms with Crippen molar-refractivity contribution in [3.63, 3.8) is 0 Å². The number of carbonyl (C=O) groups excluding carboxylic acids is 1. The van der Waals surface area contributed by atoms with Gasteiger partial charge < -0.3 is 5.73 Å². The van der Waals surface area contributed by atoms with Crippen LogP contribution in [-0.4, -0.2) is 16.6 Å². The van der Waals surface area contributed by atoms with Gasteiger partial charge in [0, 0.05) is 0 Å². The molecule has 0 unspecified atom stereocenters. The number of nitriles is 1. The maximum atomic E-state index is 10.4. The Labute approximate surface area is 79.8 Å². The fourth-order valence-electron chi connectivity index (χ4n) is 0.703. The number of primary amides is 1. The van der Waals surface area contributed by atoms with Crippen molar-refractivity contribution < 1.29 is 4.79 Å². The number of hydrogen-bond acceptors (Lipinski definition) is 4. The van der Waals surface area contributed by atoms with Gasteiger partial charge in [0.2, 0.25) is 5.91 Å². The lowest BCUT2D eigenvalue weighted by molar-refractivity contribution is -0.115. The van der Waals surface area contributed by atoms with Crippen LogP contribution in [-0.2, 0) is 4.79 Å². The van der Waals surface area contributed by atoms with Gasteiger partial charge in [0.25, 0.3) is 0 Å². The number of carbonyl (C=O) groups is 1. The number of pyridine rings is 1. The van der Waals surface area contributed by atoms with Crippen molar-refractivity contribution in [1.82, 2.24) is 4.98 Å². The molecule has 0 saturated heterocycles. The van der Waals surface area contributed by atoms with Crippen LogP contribution in [0.1, 0.15) is 5.69 Å². The average molecular weight is 193 g/mol. The Kier molecular flexibility index (Phi) is 3.29. The second kappa shape index (κ2) is 4.48. The molecule has 0 fully saturated rings. The first-order valence-corrected chi connectivity index (χ1v) is 4.49. The van der Waals surface area contributed by atoms with Gasteiger partial charge in [-0.25, -0.2) is 4.98 Å². The third-order valence-electron chi connectivity index (χ3n) is 1.20. The smallest absolute Gasteiger partial charge is 0.227 e. The summed E-state index contributed by atoms with van der Waals surface area (Å²) in [6, 6.07) is 6.97. The van der Waals surface area contributed by atoms with Crippen LogP contribution in [0.5, 0.6) is 0 Å². The second-order valence-corrected chi connectivity index (χ2v) is 3.22. The predicted octanol–water partition coefficient (Wildman–Crippen LogP) is 0.531. The van der Waals surface area contributed by atoms with Crippen molar-refractivity contribution in [2.75, 3.05) is 5.75 Å². The lowest BCUT2D eigenvalue weighted by Crippen LogP contribution is -2.13. The van der Waals surface area contributed by atoms with Crippen molar-refractivity contribution >= 4 is 17.7 Å². The Morgan fingerprint density at radius 1 is 1.69 bits per heavy atom. The summed E-state index contributed by atoms with van der Waals surface area (Å²) in [7, 11) is 0. The second-order valence-electron chi connectivity index (χ2n) is 2.23. The summed E-state index contributed by atoms with van der Waals surface area (Å²) in [6.45, 7) is 0. The number of aromatic nitrogens is 1. The molecule has 66 valence electrons. The van der Waals surface area contributed by atoms with Gasteiger partial charge >= 0.3 is 0 Å². The van der Waals surface area contributed by atoms with Gasteiger partial charge in [-0.1, -0.05) is 17.8 Å². The Bertz CT molecular complexity index is 359. The molecule has 1 aromatic rings. The van der Waals surface area contributed by atoms with E-state index < -0.39 is 5.91 Å². The number of nitrogens with zero attached hydrogens (tertiary/aromatic N) is 2. The van der Waals surface area contributed by atoms with E-state index in [1.54, 1.807) is 18.2 Å². The van der Waals surface area contributed by atoms with Crippen LogP contribution in [0, 0.1) is 11.3 Å². The van der Waals surface area contributed by atoms with Gasteiger partial charge in [-0.15, -0.1) is 0 Å². The molecule has 0 radical (unpaired) electrons. The summed E-state index contributed by atoms with van der Waals surface area (Å²) in [5.74, 6) is -0.212. The summed E-state index contributed by atoms with van der Waals surface area (Å²) < 4.78 is 0. The van der Waals surface area contributed by atoms with Crippen molar-refractivity contribution in [3.8, 4) is 6.07 Å². The summed E-state index contributed by atoms with van der Waals surface area (Å²) in [6.07, 6.45) is 0. The molecule has 0 saturated carbocycles. The molecule has 4 nitrogen and oxygen atoms in total. The predicted molar refractivity (Wildman–Crippen MR) is 48.9 cm³/mol.